The lowest BCUT2D eigenvalue weighted by molar-refractivity contribution is 0.0534. The van der Waals surface area contributed by atoms with E-state index in [1.165, 1.54) is 0 Å². The molecular formula is C15H22N2O3. The van der Waals surface area contributed by atoms with E-state index in [0.717, 1.165) is 11.3 Å². The number of nitrogens with two attached hydrogens (primary N) is 1. The maximum atomic E-state index is 11.4. The summed E-state index contributed by atoms with van der Waals surface area (Å²) >= 11 is 0. The van der Waals surface area contributed by atoms with Crippen LogP contribution >= 0.6 is 0 Å². The Morgan fingerprint density at radius 2 is 2.10 bits per heavy atom. The molecule has 0 saturated carbocycles. The van der Waals surface area contributed by atoms with Crippen LogP contribution < -0.4 is 15.8 Å². The van der Waals surface area contributed by atoms with Gasteiger partial charge in [0.05, 0.1) is 7.11 Å². The first-order chi connectivity index (χ1) is 9.31. The molecule has 0 aromatic heterocycles. The third kappa shape index (κ3) is 5.65. The molecule has 0 unspecified atom stereocenters. The van der Waals surface area contributed by atoms with Gasteiger partial charge in [-0.2, -0.15) is 0 Å². The minimum atomic E-state index is -0.495. The van der Waals surface area contributed by atoms with Crippen LogP contribution in [0, 0.1) is 0 Å². The summed E-state index contributed by atoms with van der Waals surface area (Å²) in [4.78, 5) is 11.4. The third-order valence-electron chi connectivity index (χ3n) is 2.35. The number of rotatable bonds is 4. The lowest BCUT2D eigenvalue weighted by atomic mass is 10.1. The Bertz CT molecular complexity index is 490. The number of methoxy groups -OCH3 is 1. The zero-order valence-corrected chi connectivity index (χ0v) is 12.4. The van der Waals surface area contributed by atoms with Crippen molar-refractivity contribution in [2.24, 2.45) is 0 Å². The van der Waals surface area contributed by atoms with Gasteiger partial charge < -0.3 is 20.5 Å². The van der Waals surface area contributed by atoms with E-state index in [1.807, 2.05) is 32.9 Å². The van der Waals surface area contributed by atoms with Gasteiger partial charge in [0.2, 0.25) is 0 Å². The quantitative estimate of drug-likeness (QED) is 0.831. The monoisotopic (exact) mass is 278 g/mol. The number of carbonyl (C=O) groups is 1. The van der Waals surface area contributed by atoms with E-state index in [-0.39, 0.29) is 0 Å². The number of hydrogen-bond donors (Lipinski definition) is 2. The second-order valence-corrected chi connectivity index (χ2v) is 5.28. The lowest BCUT2D eigenvalue weighted by Gasteiger charge is -2.19. The Morgan fingerprint density at radius 3 is 2.70 bits per heavy atom. The van der Waals surface area contributed by atoms with Crippen molar-refractivity contribution >= 4 is 17.9 Å². The largest absolute Gasteiger partial charge is 0.497 e. The van der Waals surface area contributed by atoms with Crippen LogP contribution in [0.3, 0.4) is 0 Å². The van der Waals surface area contributed by atoms with Crippen molar-refractivity contribution in [3.8, 4) is 5.75 Å². The van der Waals surface area contributed by atoms with E-state index < -0.39 is 11.7 Å². The van der Waals surface area contributed by atoms with Crippen LogP contribution in [-0.4, -0.2) is 25.3 Å². The molecule has 5 nitrogen and oxygen atoms in total. The van der Waals surface area contributed by atoms with Gasteiger partial charge >= 0.3 is 6.09 Å². The molecule has 1 amide bonds. The van der Waals surface area contributed by atoms with Crippen molar-refractivity contribution in [3.63, 3.8) is 0 Å². The van der Waals surface area contributed by atoms with Crippen molar-refractivity contribution in [3.05, 3.63) is 29.8 Å². The number of hydrogen-bond acceptors (Lipinski definition) is 4. The van der Waals surface area contributed by atoms with E-state index in [1.54, 1.807) is 25.3 Å². The van der Waals surface area contributed by atoms with Crippen molar-refractivity contribution in [2.75, 3.05) is 19.4 Å². The Balaban J connectivity index is 2.51. The van der Waals surface area contributed by atoms with Gasteiger partial charge in [-0.05, 0) is 39.0 Å². The first-order valence-corrected chi connectivity index (χ1v) is 6.39. The van der Waals surface area contributed by atoms with Crippen molar-refractivity contribution in [1.82, 2.24) is 5.32 Å². The van der Waals surface area contributed by atoms with Crippen LogP contribution in [0.15, 0.2) is 24.3 Å². The Morgan fingerprint density at radius 1 is 1.40 bits per heavy atom. The van der Waals surface area contributed by atoms with Gasteiger partial charge in [0.15, 0.2) is 0 Å². The molecule has 0 saturated heterocycles. The molecule has 3 N–H and O–H groups in total. The molecular weight excluding hydrogens is 256 g/mol. The molecule has 110 valence electrons. The summed E-state index contributed by atoms with van der Waals surface area (Å²) in [5.74, 6) is 0.735. The number of benzene rings is 1. The molecule has 0 heterocycles. The minimum absolute atomic E-state index is 0.367. The summed E-state index contributed by atoms with van der Waals surface area (Å²) in [6, 6.07) is 5.41. The molecule has 0 spiro atoms. The normalized spacial score (nSPS) is 11.4. The smallest absolute Gasteiger partial charge is 0.407 e. The minimum Gasteiger partial charge on any atom is -0.497 e. The first kappa shape index (κ1) is 15.9. The van der Waals surface area contributed by atoms with Gasteiger partial charge in [0, 0.05) is 17.8 Å². The highest BCUT2D eigenvalue weighted by molar-refractivity contribution is 5.69. The highest BCUT2D eigenvalue weighted by Crippen LogP contribution is 2.20. The maximum absolute atomic E-state index is 11.4. The van der Waals surface area contributed by atoms with Crippen LogP contribution in [0.4, 0.5) is 10.5 Å². The standard InChI is InChI=1S/C15H22N2O3/c1-15(2,3)20-14(18)17-9-5-6-11-10-12(19-4)7-8-13(11)16/h5-8,10H,9,16H2,1-4H3,(H,17,18). The number of nitrogen functional groups attached to an aromatic ring is 1. The highest BCUT2D eigenvalue weighted by atomic mass is 16.6. The molecule has 0 fully saturated rings. The topological polar surface area (TPSA) is 73.6 Å². The molecule has 0 atom stereocenters. The molecule has 20 heavy (non-hydrogen) atoms. The second kappa shape index (κ2) is 6.84. The second-order valence-electron chi connectivity index (χ2n) is 5.28. The fourth-order valence-electron chi connectivity index (χ4n) is 1.47. The van der Waals surface area contributed by atoms with Crippen molar-refractivity contribution in [2.45, 2.75) is 26.4 Å². The molecule has 0 bridgehead atoms. The maximum Gasteiger partial charge on any atom is 0.407 e. The van der Waals surface area contributed by atoms with Crippen molar-refractivity contribution < 1.29 is 14.3 Å². The Kier molecular flexibility index (Phi) is 5.43. The number of anilines is 1. The molecule has 1 rings (SSSR count). The summed E-state index contributed by atoms with van der Waals surface area (Å²) in [6.07, 6.45) is 3.19. The molecule has 0 aliphatic rings. The molecule has 0 radical (unpaired) electrons. The van der Waals surface area contributed by atoms with Crippen LogP contribution in [0.1, 0.15) is 26.3 Å². The average molecular weight is 278 g/mol. The van der Waals surface area contributed by atoms with Gasteiger partial charge in [0.25, 0.3) is 0 Å². The van der Waals surface area contributed by atoms with E-state index >= 15 is 0 Å². The van der Waals surface area contributed by atoms with Crippen LogP contribution in [0.2, 0.25) is 0 Å². The molecule has 0 aliphatic carbocycles. The van der Waals surface area contributed by atoms with E-state index in [0.29, 0.717) is 12.2 Å². The summed E-state index contributed by atoms with van der Waals surface area (Å²) < 4.78 is 10.3. The van der Waals surface area contributed by atoms with Gasteiger partial charge in [0.1, 0.15) is 11.4 Å². The van der Waals surface area contributed by atoms with Gasteiger partial charge in [-0.15, -0.1) is 0 Å². The zero-order valence-electron chi connectivity index (χ0n) is 12.4. The third-order valence-corrected chi connectivity index (χ3v) is 2.35. The highest BCUT2D eigenvalue weighted by Gasteiger charge is 2.14. The van der Waals surface area contributed by atoms with Crippen LogP contribution in [-0.2, 0) is 4.74 Å². The van der Waals surface area contributed by atoms with Gasteiger partial charge in [-0.1, -0.05) is 12.2 Å². The zero-order chi connectivity index (χ0) is 15.2. The Labute approximate surface area is 119 Å². The summed E-state index contributed by atoms with van der Waals surface area (Å²) in [6.45, 7) is 5.82. The van der Waals surface area contributed by atoms with Crippen LogP contribution in [0.5, 0.6) is 5.75 Å². The van der Waals surface area contributed by atoms with E-state index in [2.05, 4.69) is 5.32 Å². The number of carbonyl (C=O) groups excluding carboxylic acids is 1. The van der Waals surface area contributed by atoms with Gasteiger partial charge in [-0.3, -0.25) is 0 Å². The number of ether oxygens (including phenoxy) is 2. The number of alkyl carbamates (subject to hydrolysis) is 1. The molecule has 1 aromatic rings. The summed E-state index contributed by atoms with van der Waals surface area (Å²) in [7, 11) is 1.60. The van der Waals surface area contributed by atoms with Crippen molar-refractivity contribution in [1.29, 1.82) is 0 Å². The molecule has 5 heteroatoms. The van der Waals surface area contributed by atoms with E-state index in [4.69, 9.17) is 15.2 Å². The summed E-state index contributed by atoms with van der Waals surface area (Å²) in [5, 5.41) is 2.64. The fraction of sp³-hybridized carbons (Fsp3) is 0.400. The summed E-state index contributed by atoms with van der Waals surface area (Å²) in [5.41, 5.74) is 6.85. The molecule has 0 aliphatic heterocycles. The fourth-order valence-corrected chi connectivity index (χ4v) is 1.47. The molecule has 1 aromatic carbocycles. The number of nitrogens with one attached hydrogen (secondary N) is 1. The Hall–Kier alpha value is -2.17. The van der Waals surface area contributed by atoms with Gasteiger partial charge in [-0.25, -0.2) is 4.79 Å². The first-order valence-electron chi connectivity index (χ1n) is 6.39. The van der Waals surface area contributed by atoms with E-state index in [9.17, 15) is 4.79 Å². The average Bonchev–Trinajstić information content (AvgIpc) is 2.34. The predicted octanol–water partition coefficient (Wildman–Crippen LogP) is 2.82. The number of amides is 1. The lowest BCUT2D eigenvalue weighted by Crippen LogP contribution is -2.32. The van der Waals surface area contributed by atoms with Crippen LogP contribution in [0.25, 0.3) is 6.08 Å². The predicted molar refractivity (Wildman–Crippen MR) is 80.7 cm³/mol. The SMILES string of the molecule is COc1ccc(N)c(C=CCNC(=O)OC(C)(C)C)c1.